The van der Waals surface area contributed by atoms with Crippen LogP contribution in [-0.4, -0.2) is 22.5 Å². The van der Waals surface area contributed by atoms with E-state index in [2.05, 4.69) is 4.98 Å². The van der Waals surface area contributed by atoms with Crippen LogP contribution >= 0.6 is 0 Å². The van der Waals surface area contributed by atoms with Crippen molar-refractivity contribution in [2.45, 2.75) is 25.3 Å². The molecule has 2 aromatic rings. The van der Waals surface area contributed by atoms with Gasteiger partial charge in [0.25, 0.3) is 10.0 Å². The van der Waals surface area contributed by atoms with E-state index < -0.39 is 10.0 Å². The van der Waals surface area contributed by atoms with Crippen LogP contribution in [0.25, 0.3) is 0 Å². The third-order valence-corrected chi connectivity index (χ3v) is 4.55. The van der Waals surface area contributed by atoms with E-state index in [-0.39, 0.29) is 11.5 Å². The number of rotatable bonds is 3. The standard InChI is InChI=1S/C12H14N2O3S/c1-9-3-5-11(6-4-9)18(16,17)14-8-13-12(7-15)10(14)2/h3-6,8,15H,7H2,1-2H3. The van der Waals surface area contributed by atoms with Crippen molar-refractivity contribution in [2.24, 2.45) is 0 Å². The molecule has 0 saturated carbocycles. The molecule has 0 atom stereocenters. The lowest BCUT2D eigenvalue weighted by molar-refractivity contribution is 0.276. The average molecular weight is 266 g/mol. The summed E-state index contributed by atoms with van der Waals surface area (Å²) in [4.78, 5) is 4.08. The van der Waals surface area contributed by atoms with Gasteiger partial charge in [-0.3, -0.25) is 0 Å². The second-order valence-corrected chi connectivity index (χ2v) is 5.86. The lowest BCUT2D eigenvalue weighted by atomic mass is 10.2. The fourth-order valence-electron chi connectivity index (χ4n) is 1.65. The maximum absolute atomic E-state index is 12.3. The van der Waals surface area contributed by atoms with Crippen LogP contribution in [0.2, 0.25) is 0 Å². The van der Waals surface area contributed by atoms with Crippen molar-refractivity contribution in [2.75, 3.05) is 0 Å². The highest BCUT2D eigenvalue weighted by Crippen LogP contribution is 2.17. The summed E-state index contributed by atoms with van der Waals surface area (Å²) in [6.07, 6.45) is 1.22. The number of aromatic nitrogens is 2. The van der Waals surface area contributed by atoms with E-state index >= 15 is 0 Å². The molecule has 6 heteroatoms. The molecule has 0 saturated heterocycles. The Morgan fingerprint density at radius 3 is 2.33 bits per heavy atom. The second kappa shape index (κ2) is 4.55. The van der Waals surface area contributed by atoms with E-state index in [1.54, 1.807) is 31.2 Å². The Hall–Kier alpha value is -1.66. The van der Waals surface area contributed by atoms with Crippen molar-refractivity contribution in [1.82, 2.24) is 8.96 Å². The number of imidazole rings is 1. The summed E-state index contributed by atoms with van der Waals surface area (Å²) < 4.78 is 25.8. The molecule has 18 heavy (non-hydrogen) atoms. The number of benzene rings is 1. The normalized spacial score (nSPS) is 11.7. The minimum atomic E-state index is -3.63. The van der Waals surface area contributed by atoms with E-state index in [1.807, 2.05) is 6.92 Å². The summed E-state index contributed by atoms with van der Waals surface area (Å²) in [5, 5.41) is 9.03. The van der Waals surface area contributed by atoms with Gasteiger partial charge in [0.2, 0.25) is 0 Å². The zero-order valence-electron chi connectivity index (χ0n) is 10.2. The van der Waals surface area contributed by atoms with Crippen molar-refractivity contribution in [1.29, 1.82) is 0 Å². The Morgan fingerprint density at radius 2 is 1.83 bits per heavy atom. The van der Waals surface area contributed by atoms with E-state index in [9.17, 15) is 8.42 Å². The highest BCUT2D eigenvalue weighted by molar-refractivity contribution is 7.90. The molecule has 2 rings (SSSR count). The van der Waals surface area contributed by atoms with E-state index in [0.29, 0.717) is 11.4 Å². The largest absolute Gasteiger partial charge is 0.390 e. The molecule has 96 valence electrons. The summed E-state index contributed by atoms with van der Waals surface area (Å²) in [6, 6.07) is 6.60. The fraction of sp³-hybridized carbons (Fsp3) is 0.250. The molecular weight excluding hydrogens is 252 g/mol. The van der Waals surface area contributed by atoms with Gasteiger partial charge in [-0.2, -0.15) is 0 Å². The molecule has 0 spiro atoms. The van der Waals surface area contributed by atoms with Gasteiger partial charge in [-0.25, -0.2) is 17.4 Å². The van der Waals surface area contributed by atoms with Crippen molar-refractivity contribution in [3.05, 3.63) is 47.5 Å². The summed E-state index contributed by atoms with van der Waals surface area (Å²) >= 11 is 0. The number of aryl methyl sites for hydroxylation is 1. The molecule has 1 heterocycles. The minimum Gasteiger partial charge on any atom is -0.390 e. The van der Waals surface area contributed by atoms with Crippen LogP contribution in [-0.2, 0) is 16.6 Å². The Labute approximate surface area is 106 Å². The topological polar surface area (TPSA) is 72.2 Å². The molecule has 0 bridgehead atoms. The van der Waals surface area contributed by atoms with Crippen molar-refractivity contribution in [3.8, 4) is 0 Å². The van der Waals surface area contributed by atoms with Crippen molar-refractivity contribution in [3.63, 3.8) is 0 Å². The van der Waals surface area contributed by atoms with Gasteiger partial charge in [-0.15, -0.1) is 0 Å². The molecule has 0 aliphatic rings. The molecule has 0 amide bonds. The lowest BCUT2D eigenvalue weighted by Gasteiger charge is -2.07. The predicted octanol–water partition coefficient (Wildman–Crippen LogP) is 1.23. The molecule has 0 fully saturated rings. The highest BCUT2D eigenvalue weighted by Gasteiger charge is 2.20. The predicted molar refractivity (Wildman–Crippen MR) is 66.6 cm³/mol. The van der Waals surface area contributed by atoms with Crippen molar-refractivity contribution >= 4 is 10.0 Å². The third kappa shape index (κ3) is 2.04. The summed E-state index contributed by atoms with van der Waals surface area (Å²) in [5.41, 5.74) is 1.79. The first-order valence-corrected chi connectivity index (χ1v) is 6.86. The number of nitrogens with zero attached hydrogens (tertiary/aromatic N) is 2. The van der Waals surface area contributed by atoms with E-state index in [0.717, 1.165) is 9.54 Å². The van der Waals surface area contributed by atoms with Gasteiger partial charge in [-0.05, 0) is 26.0 Å². The Balaban J connectivity index is 2.54. The summed E-state index contributed by atoms with van der Waals surface area (Å²) in [5.74, 6) is 0. The number of hydrogen-bond acceptors (Lipinski definition) is 4. The molecule has 1 N–H and O–H groups in total. The van der Waals surface area contributed by atoms with Crippen LogP contribution in [0.1, 0.15) is 17.0 Å². The summed E-state index contributed by atoms with van der Waals surface area (Å²) in [7, 11) is -3.63. The monoisotopic (exact) mass is 266 g/mol. The molecule has 0 unspecified atom stereocenters. The Bertz CT molecular complexity index is 657. The van der Waals surface area contributed by atoms with Crippen LogP contribution in [0.5, 0.6) is 0 Å². The molecule has 0 aliphatic heterocycles. The Morgan fingerprint density at radius 1 is 1.22 bits per heavy atom. The highest BCUT2D eigenvalue weighted by atomic mass is 32.2. The molecule has 1 aromatic carbocycles. The average Bonchev–Trinajstić information content (AvgIpc) is 2.71. The van der Waals surface area contributed by atoms with Gasteiger partial charge < -0.3 is 5.11 Å². The first kappa shape index (κ1) is 12.8. The number of hydrogen-bond donors (Lipinski definition) is 1. The zero-order valence-corrected chi connectivity index (χ0v) is 11.0. The number of aliphatic hydroxyl groups excluding tert-OH is 1. The number of aliphatic hydroxyl groups is 1. The Kier molecular flexibility index (Phi) is 3.23. The fourth-order valence-corrected chi connectivity index (χ4v) is 3.00. The second-order valence-electron chi connectivity index (χ2n) is 4.05. The zero-order chi connectivity index (χ0) is 13.3. The smallest absolute Gasteiger partial charge is 0.269 e. The first-order valence-electron chi connectivity index (χ1n) is 5.42. The van der Waals surface area contributed by atoms with Crippen LogP contribution in [0, 0.1) is 13.8 Å². The van der Waals surface area contributed by atoms with Gasteiger partial charge in [0.1, 0.15) is 6.33 Å². The van der Waals surface area contributed by atoms with Gasteiger partial charge in [0, 0.05) is 0 Å². The van der Waals surface area contributed by atoms with Crippen LogP contribution in [0.4, 0.5) is 0 Å². The molecular formula is C12H14N2O3S. The van der Waals surface area contributed by atoms with Gasteiger partial charge in [0.15, 0.2) is 0 Å². The van der Waals surface area contributed by atoms with Crippen LogP contribution in [0.3, 0.4) is 0 Å². The van der Waals surface area contributed by atoms with Crippen LogP contribution in [0.15, 0.2) is 35.5 Å². The SMILES string of the molecule is Cc1ccc(S(=O)(=O)n2cnc(CO)c2C)cc1. The molecule has 0 radical (unpaired) electrons. The quantitative estimate of drug-likeness (QED) is 0.907. The molecule has 5 nitrogen and oxygen atoms in total. The maximum atomic E-state index is 12.3. The van der Waals surface area contributed by atoms with E-state index in [4.69, 9.17) is 5.11 Å². The third-order valence-electron chi connectivity index (χ3n) is 2.79. The van der Waals surface area contributed by atoms with Gasteiger partial charge in [-0.1, -0.05) is 17.7 Å². The summed E-state index contributed by atoms with van der Waals surface area (Å²) in [6.45, 7) is 3.23. The lowest BCUT2D eigenvalue weighted by Crippen LogP contribution is -2.13. The van der Waals surface area contributed by atoms with Crippen LogP contribution < -0.4 is 0 Å². The van der Waals surface area contributed by atoms with E-state index in [1.165, 1.54) is 6.33 Å². The minimum absolute atomic E-state index is 0.207. The first-order chi connectivity index (χ1) is 8.46. The van der Waals surface area contributed by atoms with Crippen molar-refractivity contribution < 1.29 is 13.5 Å². The molecule has 0 aliphatic carbocycles. The van der Waals surface area contributed by atoms with Gasteiger partial charge in [0.05, 0.1) is 22.9 Å². The molecule has 1 aromatic heterocycles. The maximum Gasteiger partial charge on any atom is 0.269 e. The van der Waals surface area contributed by atoms with Gasteiger partial charge >= 0.3 is 0 Å².